The van der Waals surface area contributed by atoms with Crippen molar-refractivity contribution in [2.45, 2.75) is 18.8 Å². The molecule has 1 aliphatic heterocycles. The van der Waals surface area contributed by atoms with Gasteiger partial charge in [-0.15, -0.1) is 5.10 Å². The van der Waals surface area contributed by atoms with Crippen molar-refractivity contribution in [2.75, 3.05) is 30.9 Å². The molecule has 1 aliphatic rings. The Bertz CT molecular complexity index is 1500. The molecule has 0 bridgehead atoms. The Kier molecular flexibility index (Phi) is 7.37. The number of hydrogen-bond donors (Lipinski definition) is 2. The Morgan fingerprint density at radius 1 is 1.08 bits per heavy atom. The fourth-order valence-electron chi connectivity index (χ4n) is 4.11. The van der Waals surface area contributed by atoms with Crippen molar-refractivity contribution in [3.63, 3.8) is 0 Å². The van der Waals surface area contributed by atoms with Crippen LogP contribution in [0.1, 0.15) is 22.3 Å². The number of rotatable bonds is 8. The molecule has 2 aromatic heterocycles. The van der Waals surface area contributed by atoms with E-state index in [4.69, 9.17) is 14.1 Å². The van der Waals surface area contributed by atoms with Gasteiger partial charge in [0.2, 0.25) is 0 Å². The fourth-order valence-corrected chi connectivity index (χ4v) is 4.11. The number of fused-ring (bicyclic) bond motifs is 1. The molecule has 4 aromatic rings. The molecule has 9 nitrogen and oxygen atoms in total. The lowest BCUT2D eigenvalue weighted by Gasteiger charge is -2.13. The van der Waals surface area contributed by atoms with Crippen LogP contribution in [0.15, 0.2) is 76.3 Å². The third-order valence-corrected chi connectivity index (χ3v) is 5.97. The van der Waals surface area contributed by atoms with Crippen molar-refractivity contribution < 1.29 is 27.1 Å². The van der Waals surface area contributed by atoms with Crippen LogP contribution in [0.5, 0.6) is 0 Å². The van der Waals surface area contributed by atoms with Gasteiger partial charge in [0.25, 0.3) is 5.89 Å². The molecule has 39 heavy (non-hydrogen) atoms. The third-order valence-electron chi connectivity index (χ3n) is 5.97. The van der Waals surface area contributed by atoms with Gasteiger partial charge in [-0.3, -0.25) is 9.79 Å². The van der Waals surface area contributed by atoms with Crippen molar-refractivity contribution in [1.29, 1.82) is 0 Å². The summed E-state index contributed by atoms with van der Waals surface area (Å²) >= 11 is 0. The predicted molar refractivity (Wildman–Crippen MR) is 138 cm³/mol. The molecule has 200 valence electrons. The van der Waals surface area contributed by atoms with E-state index in [2.05, 4.69) is 25.8 Å². The highest BCUT2D eigenvalue weighted by Gasteiger charge is 2.33. The van der Waals surface area contributed by atoms with E-state index < -0.39 is 17.9 Å². The van der Waals surface area contributed by atoms with E-state index in [1.807, 2.05) is 54.6 Å². The highest BCUT2D eigenvalue weighted by molar-refractivity contribution is 6.16. The van der Waals surface area contributed by atoms with Crippen LogP contribution in [-0.2, 0) is 22.1 Å². The summed E-state index contributed by atoms with van der Waals surface area (Å²) < 4.78 is 50.5. The molecule has 0 saturated heterocycles. The lowest BCUT2D eigenvalue weighted by molar-refractivity contribution is -0.137. The molecular formula is C27H23F3N6O3. The van der Waals surface area contributed by atoms with E-state index in [-0.39, 0.29) is 48.6 Å². The SMILES string of the molecule is COCCNc1cc(C(F)(F)F)cnc1-c1nnc(N[C@H]2N=C(c3ccccc3)c3ccccc3CC2=O)o1. The Morgan fingerprint density at radius 2 is 1.85 bits per heavy atom. The van der Waals surface area contributed by atoms with Crippen LogP contribution in [0.3, 0.4) is 0 Å². The maximum Gasteiger partial charge on any atom is 0.417 e. The van der Waals surface area contributed by atoms with Crippen molar-refractivity contribution in [2.24, 2.45) is 4.99 Å². The van der Waals surface area contributed by atoms with Gasteiger partial charge in [0.05, 0.1) is 23.6 Å². The second-order valence-corrected chi connectivity index (χ2v) is 8.64. The summed E-state index contributed by atoms with van der Waals surface area (Å²) in [6.45, 7) is 0.472. The summed E-state index contributed by atoms with van der Waals surface area (Å²) in [6.07, 6.45) is -4.81. The van der Waals surface area contributed by atoms with Crippen LogP contribution < -0.4 is 10.6 Å². The standard InChI is InChI=1S/C27H23F3N6O3/c1-38-12-11-31-20-14-18(27(28,29)30)15-32-23(20)25-35-36-26(39-25)34-24-21(37)13-17-9-5-6-10-19(17)22(33-24)16-7-3-2-4-8-16/h2-10,14-15,24,31H,11-13H2,1H3,(H,34,36)/t24-/m1/s1. The van der Waals surface area contributed by atoms with Crippen molar-refractivity contribution in [3.05, 3.63) is 89.1 Å². The zero-order chi connectivity index (χ0) is 27.4. The maximum absolute atomic E-state index is 13.3. The number of nitrogens with one attached hydrogen (secondary N) is 2. The number of carbonyl (C=O) groups excluding carboxylic acids is 1. The number of nitrogens with zero attached hydrogens (tertiary/aromatic N) is 4. The molecule has 0 fully saturated rings. The van der Waals surface area contributed by atoms with Gasteiger partial charge in [0.15, 0.2) is 17.6 Å². The molecule has 0 saturated carbocycles. The second-order valence-electron chi connectivity index (χ2n) is 8.64. The third kappa shape index (κ3) is 5.80. The number of carbonyl (C=O) groups is 1. The molecule has 12 heteroatoms. The Morgan fingerprint density at radius 3 is 2.62 bits per heavy atom. The van der Waals surface area contributed by atoms with Gasteiger partial charge in [-0.1, -0.05) is 59.7 Å². The number of halogens is 3. The Balaban J connectivity index is 1.46. The summed E-state index contributed by atoms with van der Waals surface area (Å²) in [5.74, 6) is -0.356. The van der Waals surface area contributed by atoms with Gasteiger partial charge in [0.1, 0.15) is 0 Å². The average molecular weight is 537 g/mol. The number of pyridine rings is 1. The van der Waals surface area contributed by atoms with E-state index in [0.29, 0.717) is 11.9 Å². The van der Waals surface area contributed by atoms with Gasteiger partial charge in [0, 0.05) is 37.4 Å². The predicted octanol–water partition coefficient (Wildman–Crippen LogP) is 4.61. The molecule has 0 aliphatic carbocycles. The number of aliphatic imine (C=N–C) groups is 1. The largest absolute Gasteiger partial charge is 0.417 e. The number of ketones is 1. The van der Waals surface area contributed by atoms with E-state index in [1.54, 1.807) is 0 Å². The monoisotopic (exact) mass is 536 g/mol. The molecule has 2 N–H and O–H groups in total. The van der Waals surface area contributed by atoms with E-state index in [0.717, 1.165) is 22.8 Å². The summed E-state index contributed by atoms with van der Waals surface area (Å²) in [5.41, 5.74) is 2.27. The number of anilines is 2. The zero-order valence-electron chi connectivity index (χ0n) is 20.7. The molecule has 0 amide bonds. The summed E-state index contributed by atoms with van der Waals surface area (Å²) in [5, 5.41) is 13.6. The molecule has 0 unspecified atom stereocenters. The van der Waals surface area contributed by atoms with Crippen molar-refractivity contribution >= 4 is 23.2 Å². The normalized spacial score (nSPS) is 15.3. The fraction of sp³-hybridized carbons (Fsp3) is 0.222. The lowest BCUT2D eigenvalue weighted by Crippen LogP contribution is -2.29. The van der Waals surface area contributed by atoms with Gasteiger partial charge in [-0.25, -0.2) is 4.98 Å². The highest BCUT2D eigenvalue weighted by Crippen LogP contribution is 2.34. The van der Waals surface area contributed by atoms with Crippen LogP contribution in [-0.4, -0.2) is 53.1 Å². The van der Waals surface area contributed by atoms with Crippen molar-refractivity contribution in [1.82, 2.24) is 15.2 Å². The first-order valence-corrected chi connectivity index (χ1v) is 12.0. The van der Waals surface area contributed by atoms with Gasteiger partial charge in [-0.2, -0.15) is 13.2 Å². The van der Waals surface area contributed by atoms with Crippen LogP contribution in [0.2, 0.25) is 0 Å². The number of benzene rings is 2. The van der Waals surface area contributed by atoms with Gasteiger partial charge < -0.3 is 19.8 Å². The van der Waals surface area contributed by atoms with E-state index >= 15 is 0 Å². The number of Topliss-reactive ketones (excluding diaryl/α,β-unsaturated/α-hetero) is 1. The average Bonchev–Trinajstić information content (AvgIpc) is 3.34. The smallest absolute Gasteiger partial charge is 0.402 e. The van der Waals surface area contributed by atoms with Gasteiger partial charge in [-0.05, 0) is 11.6 Å². The quantitative estimate of drug-likeness (QED) is 0.314. The molecule has 3 heterocycles. The number of hydrogen-bond acceptors (Lipinski definition) is 9. The van der Waals surface area contributed by atoms with Crippen LogP contribution in [0.4, 0.5) is 24.9 Å². The maximum atomic E-state index is 13.3. The first-order valence-electron chi connectivity index (χ1n) is 12.0. The summed E-state index contributed by atoms with van der Waals surface area (Å²) in [7, 11) is 1.47. The molecule has 0 spiro atoms. The van der Waals surface area contributed by atoms with E-state index in [9.17, 15) is 18.0 Å². The summed E-state index contributed by atoms with van der Waals surface area (Å²) in [6, 6.07) is 17.8. The first kappa shape index (κ1) is 26.0. The zero-order valence-corrected chi connectivity index (χ0v) is 20.7. The number of methoxy groups -OCH3 is 1. The topological polar surface area (TPSA) is 115 Å². The highest BCUT2D eigenvalue weighted by atomic mass is 19.4. The second kappa shape index (κ2) is 11.0. The van der Waals surface area contributed by atoms with Crippen LogP contribution in [0, 0.1) is 0 Å². The van der Waals surface area contributed by atoms with E-state index in [1.165, 1.54) is 7.11 Å². The van der Waals surface area contributed by atoms with Crippen molar-refractivity contribution in [3.8, 4) is 11.6 Å². The number of alkyl halides is 3. The Labute approximate surface area is 221 Å². The lowest BCUT2D eigenvalue weighted by atomic mass is 9.96. The molecule has 1 atom stereocenters. The minimum Gasteiger partial charge on any atom is -0.402 e. The van der Waals surface area contributed by atoms with Gasteiger partial charge >= 0.3 is 12.2 Å². The molecule has 0 radical (unpaired) electrons. The number of ether oxygens (including phenoxy) is 1. The molecule has 2 aromatic carbocycles. The van der Waals surface area contributed by atoms with Crippen LogP contribution in [0.25, 0.3) is 11.6 Å². The number of aromatic nitrogens is 3. The Hall–Kier alpha value is -4.58. The van der Waals surface area contributed by atoms with Crippen LogP contribution >= 0.6 is 0 Å². The first-order chi connectivity index (χ1) is 18.8. The minimum absolute atomic E-state index is 0.0210. The minimum atomic E-state index is -4.59. The molecular weight excluding hydrogens is 513 g/mol. The summed E-state index contributed by atoms with van der Waals surface area (Å²) in [4.78, 5) is 21.8. The molecule has 5 rings (SSSR count).